The van der Waals surface area contributed by atoms with Gasteiger partial charge in [-0.15, -0.1) is 0 Å². The Labute approximate surface area is 103 Å². The Morgan fingerprint density at radius 2 is 2.06 bits per heavy atom. The second-order valence-corrected chi connectivity index (χ2v) is 4.98. The van der Waals surface area contributed by atoms with Crippen LogP contribution in [-0.4, -0.2) is 17.1 Å². The quantitative estimate of drug-likeness (QED) is 0.877. The molecule has 16 heavy (non-hydrogen) atoms. The number of hydrogen-bond acceptors (Lipinski definition) is 2. The summed E-state index contributed by atoms with van der Waals surface area (Å²) in [5.74, 6) is -0.00577. The zero-order chi connectivity index (χ0) is 11.5. The maximum Gasteiger partial charge on any atom is 0.251 e. The van der Waals surface area contributed by atoms with Crippen LogP contribution in [0.2, 0.25) is 0 Å². The zero-order valence-corrected chi connectivity index (χ0v) is 10.5. The minimum atomic E-state index is -0.102. The van der Waals surface area contributed by atoms with Crippen molar-refractivity contribution in [1.29, 1.82) is 0 Å². The molecule has 0 aliphatic heterocycles. The zero-order valence-electron chi connectivity index (χ0n) is 8.87. The lowest BCUT2D eigenvalue weighted by molar-refractivity contribution is 0.0937. The van der Waals surface area contributed by atoms with Gasteiger partial charge in [-0.1, -0.05) is 12.8 Å². The monoisotopic (exact) mass is 283 g/mol. The third-order valence-corrected chi connectivity index (χ3v) is 3.57. The van der Waals surface area contributed by atoms with Crippen molar-refractivity contribution in [3.05, 3.63) is 28.2 Å². The molecule has 0 bridgehead atoms. The molecule has 1 aromatic carbocycles. The summed E-state index contributed by atoms with van der Waals surface area (Å²) in [6.07, 6.45) is 4.51. The highest BCUT2D eigenvalue weighted by molar-refractivity contribution is 9.10. The van der Waals surface area contributed by atoms with Gasteiger partial charge in [-0.2, -0.15) is 0 Å². The average Bonchev–Trinajstić information content (AvgIpc) is 2.74. The van der Waals surface area contributed by atoms with Gasteiger partial charge in [0, 0.05) is 11.6 Å². The van der Waals surface area contributed by atoms with E-state index in [4.69, 9.17) is 0 Å². The second kappa shape index (κ2) is 4.87. The Morgan fingerprint density at radius 3 is 2.69 bits per heavy atom. The van der Waals surface area contributed by atoms with Crippen LogP contribution >= 0.6 is 15.9 Å². The predicted molar refractivity (Wildman–Crippen MR) is 65.5 cm³/mol. The molecule has 0 atom stereocenters. The van der Waals surface area contributed by atoms with Crippen LogP contribution < -0.4 is 5.32 Å². The van der Waals surface area contributed by atoms with Crippen LogP contribution in [0.4, 0.5) is 0 Å². The van der Waals surface area contributed by atoms with Crippen LogP contribution in [0, 0.1) is 0 Å². The van der Waals surface area contributed by atoms with Gasteiger partial charge in [-0.05, 0) is 47.0 Å². The summed E-state index contributed by atoms with van der Waals surface area (Å²) in [4.78, 5) is 11.8. The number of carbonyl (C=O) groups is 1. The first-order valence-corrected chi connectivity index (χ1v) is 6.25. The first-order chi connectivity index (χ1) is 7.66. The third kappa shape index (κ3) is 2.55. The standard InChI is InChI=1S/C12H14BrNO2/c13-10-6-5-8(7-11(10)15)12(16)14-9-3-1-2-4-9/h5-7,9,15H,1-4H2,(H,14,16). The number of phenolic OH excluding ortho intramolecular Hbond substituents is 1. The summed E-state index contributed by atoms with van der Waals surface area (Å²) in [6, 6.07) is 5.17. The summed E-state index contributed by atoms with van der Waals surface area (Å²) in [6.45, 7) is 0. The molecule has 1 aliphatic rings. The van der Waals surface area contributed by atoms with Crippen molar-refractivity contribution in [3.8, 4) is 5.75 Å². The fourth-order valence-electron chi connectivity index (χ4n) is 1.99. The fourth-order valence-corrected chi connectivity index (χ4v) is 2.24. The minimum Gasteiger partial charge on any atom is -0.507 e. The van der Waals surface area contributed by atoms with E-state index in [1.165, 1.54) is 18.9 Å². The molecule has 0 heterocycles. The van der Waals surface area contributed by atoms with E-state index in [9.17, 15) is 9.90 Å². The molecular weight excluding hydrogens is 270 g/mol. The van der Waals surface area contributed by atoms with Crippen molar-refractivity contribution in [1.82, 2.24) is 5.32 Å². The highest BCUT2D eigenvalue weighted by atomic mass is 79.9. The minimum absolute atomic E-state index is 0.0964. The Kier molecular flexibility index (Phi) is 3.49. The van der Waals surface area contributed by atoms with E-state index in [2.05, 4.69) is 21.2 Å². The van der Waals surface area contributed by atoms with Crippen molar-refractivity contribution in [2.24, 2.45) is 0 Å². The summed E-state index contributed by atoms with van der Waals surface area (Å²) in [7, 11) is 0. The van der Waals surface area contributed by atoms with Gasteiger partial charge in [-0.25, -0.2) is 0 Å². The van der Waals surface area contributed by atoms with Crippen LogP contribution in [0.5, 0.6) is 5.75 Å². The lowest BCUT2D eigenvalue weighted by Crippen LogP contribution is -2.32. The molecule has 1 fully saturated rings. The SMILES string of the molecule is O=C(NC1CCCC1)c1ccc(Br)c(O)c1. The van der Waals surface area contributed by atoms with Crippen molar-refractivity contribution >= 4 is 21.8 Å². The van der Waals surface area contributed by atoms with Gasteiger partial charge in [0.2, 0.25) is 0 Å². The molecule has 0 aromatic heterocycles. The van der Waals surface area contributed by atoms with Gasteiger partial charge in [0.25, 0.3) is 5.91 Å². The summed E-state index contributed by atoms with van der Waals surface area (Å²) in [5.41, 5.74) is 0.507. The smallest absolute Gasteiger partial charge is 0.251 e. The highest BCUT2D eigenvalue weighted by Gasteiger charge is 2.18. The lowest BCUT2D eigenvalue weighted by atomic mass is 10.1. The normalized spacial score (nSPS) is 16.3. The van der Waals surface area contributed by atoms with Gasteiger partial charge in [0.15, 0.2) is 0 Å². The third-order valence-electron chi connectivity index (χ3n) is 2.90. The number of benzene rings is 1. The van der Waals surface area contributed by atoms with Gasteiger partial charge in [0.05, 0.1) is 4.47 Å². The molecule has 3 nitrogen and oxygen atoms in total. The molecule has 86 valence electrons. The van der Waals surface area contributed by atoms with Crippen LogP contribution in [0.25, 0.3) is 0 Å². The number of halogens is 1. The lowest BCUT2D eigenvalue weighted by Gasteiger charge is -2.12. The number of nitrogens with one attached hydrogen (secondary N) is 1. The molecule has 1 aliphatic carbocycles. The van der Waals surface area contributed by atoms with Crippen molar-refractivity contribution in [2.45, 2.75) is 31.7 Å². The second-order valence-electron chi connectivity index (χ2n) is 4.12. The Bertz CT molecular complexity index is 400. The first-order valence-electron chi connectivity index (χ1n) is 5.46. The highest BCUT2D eigenvalue weighted by Crippen LogP contribution is 2.24. The number of amides is 1. The molecule has 1 aromatic rings. The molecule has 1 amide bonds. The molecule has 0 unspecified atom stereocenters. The average molecular weight is 284 g/mol. The molecule has 2 N–H and O–H groups in total. The molecule has 0 saturated heterocycles. The number of aromatic hydroxyl groups is 1. The molecule has 2 rings (SSSR count). The van der Waals surface area contributed by atoms with E-state index in [0.29, 0.717) is 16.1 Å². The molecule has 1 saturated carbocycles. The van der Waals surface area contributed by atoms with E-state index < -0.39 is 0 Å². The Balaban J connectivity index is 2.05. The van der Waals surface area contributed by atoms with Crippen molar-refractivity contribution < 1.29 is 9.90 Å². The van der Waals surface area contributed by atoms with Crippen LogP contribution in [0.1, 0.15) is 36.0 Å². The van der Waals surface area contributed by atoms with Crippen LogP contribution in [-0.2, 0) is 0 Å². The van der Waals surface area contributed by atoms with Gasteiger partial charge in [-0.3, -0.25) is 4.79 Å². The van der Waals surface area contributed by atoms with E-state index in [1.54, 1.807) is 12.1 Å². The maximum absolute atomic E-state index is 11.8. The predicted octanol–water partition coefficient (Wildman–Crippen LogP) is 2.83. The van der Waals surface area contributed by atoms with Gasteiger partial charge >= 0.3 is 0 Å². The molecule has 0 spiro atoms. The Hall–Kier alpha value is -1.03. The van der Waals surface area contributed by atoms with Crippen LogP contribution in [0.15, 0.2) is 22.7 Å². The first kappa shape index (κ1) is 11.5. The molecular formula is C12H14BrNO2. The van der Waals surface area contributed by atoms with Crippen LogP contribution in [0.3, 0.4) is 0 Å². The topological polar surface area (TPSA) is 49.3 Å². The van der Waals surface area contributed by atoms with E-state index >= 15 is 0 Å². The van der Waals surface area contributed by atoms with Gasteiger partial charge < -0.3 is 10.4 Å². The van der Waals surface area contributed by atoms with Crippen molar-refractivity contribution in [2.75, 3.05) is 0 Å². The maximum atomic E-state index is 11.8. The molecule has 4 heteroatoms. The number of rotatable bonds is 2. The number of carbonyl (C=O) groups excluding carboxylic acids is 1. The summed E-state index contributed by atoms with van der Waals surface area (Å²) < 4.78 is 0.602. The van der Waals surface area contributed by atoms with Gasteiger partial charge in [0.1, 0.15) is 5.75 Å². The Morgan fingerprint density at radius 1 is 1.38 bits per heavy atom. The fraction of sp³-hybridized carbons (Fsp3) is 0.417. The van der Waals surface area contributed by atoms with E-state index in [1.807, 2.05) is 0 Å². The van der Waals surface area contributed by atoms with E-state index in [0.717, 1.165) is 12.8 Å². The number of phenols is 1. The molecule has 0 radical (unpaired) electrons. The number of hydrogen-bond donors (Lipinski definition) is 2. The summed E-state index contributed by atoms with van der Waals surface area (Å²) in [5, 5.41) is 12.5. The van der Waals surface area contributed by atoms with E-state index in [-0.39, 0.29) is 11.7 Å². The summed E-state index contributed by atoms with van der Waals surface area (Å²) >= 11 is 3.18. The van der Waals surface area contributed by atoms with Crippen molar-refractivity contribution in [3.63, 3.8) is 0 Å². The largest absolute Gasteiger partial charge is 0.507 e.